The second-order valence-corrected chi connectivity index (χ2v) is 4.64. The van der Waals surface area contributed by atoms with Gasteiger partial charge in [0.15, 0.2) is 0 Å². The molecule has 0 aromatic carbocycles. The molecule has 1 aromatic rings. The maximum Gasteiger partial charge on any atom is 0.326 e. The Balaban J connectivity index is 2.13. The van der Waals surface area contributed by atoms with E-state index >= 15 is 0 Å². The van der Waals surface area contributed by atoms with Crippen molar-refractivity contribution in [3.63, 3.8) is 0 Å². The lowest BCUT2D eigenvalue weighted by Crippen LogP contribution is -2.43. The van der Waals surface area contributed by atoms with Crippen LogP contribution in [0.4, 0.5) is 10.5 Å². The Morgan fingerprint density at radius 3 is 2.68 bits per heavy atom. The van der Waals surface area contributed by atoms with Gasteiger partial charge in [0, 0.05) is 13.0 Å². The highest BCUT2D eigenvalue weighted by molar-refractivity contribution is 5.93. The summed E-state index contributed by atoms with van der Waals surface area (Å²) in [5, 5.41) is 27.8. The number of likely N-dealkylation sites (tertiary alicyclic amines) is 1. The first-order valence-electron chi connectivity index (χ1n) is 5.90. The summed E-state index contributed by atoms with van der Waals surface area (Å²) < 4.78 is 0. The van der Waals surface area contributed by atoms with Crippen LogP contribution >= 0.6 is 0 Å². The van der Waals surface area contributed by atoms with Crippen molar-refractivity contribution in [3.05, 3.63) is 11.4 Å². The molecule has 0 unspecified atom stereocenters. The van der Waals surface area contributed by atoms with Crippen LogP contribution in [-0.4, -0.2) is 56.0 Å². The maximum absolute atomic E-state index is 12.1. The van der Waals surface area contributed by atoms with Crippen LogP contribution < -0.4 is 5.32 Å². The van der Waals surface area contributed by atoms with Crippen LogP contribution in [-0.2, 0) is 4.79 Å². The summed E-state index contributed by atoms with van der Waals surface area (Å²) in [4.78, 5) is 24.2. The molecular weight excluding hydrogens is 252 g/mol. The zero-order chi connectivity index (χ0) is 14.2. The van der Waals surface area contributed by atoms with Crippen LogP contribution in [0.3, 0.4) is 0 Å². The van der Waals surface area contributed by atoms with E-state index in [0.717, 1.165) is 4.90 Å². The number of carbonyl (C=O) groups is 2. The van der Waals surface area contributed by atoms with Crippen molar-refractivity contribution < 1.29 is 19.8 Å². The van der Waals surface area contributed by atoms with Gasteiger partial charge in [-0.15, -0.1) is 0 Å². The van der Waals surface area contributed by atoms with E-state index < -0.39 is 24.1 Å². The van der Waals surface area contributed by atoms with E-state index in [1.165, 1.54) is 0 Å². The van der Waals surface area contributed by atoms with Crippen LogP contribution in [0.2, 0.25) is 0 Å². The summed E-state index contributed by atoms with van der Waals surface area (Å²) in [6.07, 6.45) is -0.759. The first-order valence-corrected chi connectivity index (χ1v) is 5.90. The third kappa shape index (κ3) is 2.53. The lowest BCUT2D eigenvalue weighted by atomic mass is 10.2. The van der Waals surface area contributed by atoms with E-state index in [4.69, 9.17) is 5.11 Å². The van der Waals surface area contributed by atoms with Crippen molar-refractivity contribution in [2.24, 2.45) is 0 Å². The molecule has 2 amide bonds. The molecule has 0 spiro atoms. The number of aliphatic hydroxyl groups is 1. The molecule has 2 rings (SSSR count). The van der Waals surface area contributed by atoms with Crippen molar-refractivity contribution in [1.82, 2.24) is 15.1 Å². The fourth-order valence-electron chi connectivity index (χ4n) is 2.19. The Bertz CT molecular complexity index is 493. The van der Waals surface area contributed by atoms with Crippen LogP contribution in [0.1, 0.15) is 17.8 Å². The zero-order valence-corrected chi connectivity index (χ0v) is 10.7. The lowest BCUT2D eigenvalue weighted by Gasteiger charge is -2.21. The van der Waals surface area contributed by atoms with Crippen molar-refractivity contribution in [1.29, 1.82) is 0 Å². The number of hydrogen-bond donors (Lipinski definition) is 4. The van der Waals surface area contributed by atoms with Crippen molar-refractivity contribution in [2.75, 3.05) is 11.9 Å². The van der Waals surface area contributed by atoms with Gasteiger partial charge in [-0.25, -0.2) is 9.59 Å². The number of anilines is 1. The molecular formula is C11H16N4O4. The predicted molar refractivity (Wildman–Crippen MR) is 65.8 cm³/mol. The van der Waals surface area contributed by atoms with Gasteiger partial charge in [0.25, 0.3) is 0 Å². The third-order valence-electron chi connectivity index (χ3n) is 3.18. The van der Waals surface area contributed by atoms with Gasteiger partial charge in [-0.1, -0.05) is 0 Å². The maximum atomic E-state index is 12.1. The van der Waals surface area contributed by atoms with Crippen LogP contribution in [0, 0.1) is 13.8 Å². The molecule has 1 saturated heterocycles. The molecule has 104 valence electrons. The summed E-state index contributed by atoms with van der Waals surface area (Å²) in [7, 11) is 0. The Kier molecular flexibility index (Phi) is 3.43. The number of hydrogen-bond acceptors (Lipinski definition) is 4. The monoisotopic (exact) mass is 268 g/mol. The smallest absolute Gasteiger partial charge is 0.326 e. The number of nitrogens with zero attached hydrogens (tertiary/aromatic N) is 2. The SMILES string of the molecule is Cc1n[nH]c(C)c1NC(=O)N1C[C@H](O)C[C@H]1C(=O)O. The number of amides is 2. The van der Waals surface area contributed by atoms with E-state index in [2.05, 4.69) is 15.5 Å². The van der Waals surface area contributed by atoms with E-state index in [1.807, 2.05) is 0 Å². The van der Waals surface area contributed by atoms with Gasteiger partial charge in [-0.2, -0.15) is 5.10 Å². The Labute approximate surface area is 109 Å². The second-order valence-electron chi connectivity index (χ2n) is 4.64. The summed E-state index contributed by atoms with van der Waals surface area (Å²) in [6.45, 7) is 3.49. The number of aromatic amines is 1. The molecule has 2 heterocycles. The van der Waals surface area contributed by atoms with Gasteiger partial charge in [0.1, 0.15) is 6.04 Å². The summed E-state index contributed by atoms with van der Waals surface area (Å²) in [5.41, 5.74) is 1.85. The highest BCUT2D eigenvalue weighted by Crippen LogP contribution is 2.22. The van der Waals surface area contributed by atoms with Gasteiger partial charge in [0.05, 0.1) is 23.2 Å². The van der Waals surface area contributed by atoms with E-state index in [0.29, 0.717) is 17.1 Å². The number of aliphatic carboxylic acids is 1. The highest BCUT2D eigenvalue weighted by Gasteiger charge is 2.39. The van der Waals surface area contributed by atoms with Gasteiger partial charge < -0.3 is 20.4 Å². The standard InChI is InChI=1S/C11H16N4O4/c1-5-9(6(2)14-13-5)12-11(19)15-4-7(16)3-8(15)10(17)18/h7-8,16H,3-4H2,1-2H3,(H,12,19)(H,13,14)(H,17,18)/t7-,8+/m1/s1. The quantitative estimate of drug-likeness (QED) is 0.605. The number of aromatic nitrogens is 2. The van der Waals surface area contributed by atoms with Gasteiger partial charge >= 0.3 is 12.0 Å². The first-order chi connectivity index (χ1) is 8.90. The van der Waals surface area contributed by atoms with Gasteiger partial charge in [-0.3, -0.25) is 5.10 Å². The number of carbonyl (C=O) groups excluding carboxylic acids is 1. The number of β-amino-alcohol motifs (C(OH)–C–C–N with tert-alkyl or cyclic N) is 1. The number of urea groups is 1. The van der Waals surface area contributed by atoms with Crippen molar-refractivity contribution in [2.45, 2.75) is 32.4 Å². The molecule has 0 radical (unpaired) electrons. The molecule has 1 aliphatic rings. The number of aliphatic hydroxyl groups excluding tert-OH is 1. The molecule has 0 bridgehead atoms. The molecule has 2 atom stereocenters. The van der Waals surface area contributed by atoms with Crippen LogP contribution in [0.5, 0.6) is 0 Å². The van der Waals surface area contributed by atoms with Gasteiger partial charge in [0.2, 0.25) is 0 Å². The minimum atomic E-state index is -1.12. The molecule has 8 nitrogen and oxygen atoms in total. The number of carboxylic acids is 1. The van der Waals surface area contributed by atoms with Crippen LogP contribution in [0.25, 0.3) is 0 Å². The Morgan fingerprint density at radius 1 is 1.47 bits per heavy atom. The number of aryl methyl sites for hydroxylation is 2. The molecule has 0 aliphatic carbocycles. The summed E-state index contributed by atoms with van der Waals surface area (Å²) >= 11 is 0. The number of carboxylic acid groups (broad SMARTS) is 1. The molecule has 1 fully saturated rings. The fourth-order valence-corrected chi connectivity index (χ4v) is 2.19. The summed E-state index contributed by atoms with van der Waals surface area (Å²) in [5.74, 6) is -1.12. The van der Waals surface area contributed by atoms with Crippen molar-refractivity contribution >= 4 is 17.7 Å². The molecule has 1 aromatic heterocycles. The highest BCUT2D eigenvalue weighted by atomic mass is 16.4. The molecule has 0 saturated carbocycles. The topological polar surface area (TPSA) is 119 Å². The van der Waals surface area contributed by atoms with E-state index in [9.17, 15) is 14.7 Å². The van der Waals surface area contributed by atoms with Crippen LogP contribution in [0.15, 0.2) is 0 Å². The van der Waals surface area contributed by atoms with E-state index in [1.54, 1.807) is 13.8 Å². The largest absolute Gasteiger partial charge is 0.480 e. The van der Waals surface area contributed by atoms with Crippen molar-refractivity contribution in [3.8, 4) is 0 Å². The first kappa shape index (κ1) is 13.3. The minimum absolute atomic E-state index is 0.0126. The Morgan fingerprint density at radius 2 is 2.16 bits per heavy atom. The lowest BCUT2D eigenvalue weighted by molar-refractivity contribution is -0.141. The third-order valence-corrected chi connectivity index (χ3v) is 3.18. The molecule has 8 heteroatoms. The normalized spacial score (nSPS) is 22.6. The minimum Gasteiger partial charge on any atom is -0.480 e. The van der Waals surface area contributed by atoms with E-state index in [-0.39, 0.29) is 13.0 Å². The number of nitrogens with one attached hydrogen (secondary N) is 2. The second kappa shape index (κ2) is 4.88. The zero-order valence-electron chi connectivity index (χ0n) is 10.7. The summed E-state index contributed by atoms with van der Waals surface area (Å²) in [6, 6.07) is -1.54. The molecule has 19 heavy (non-hydrogen) atoms. The number of H-pyrrole nitrogens is 1. The Hall–Kier alpha value is -2.09. The average molecular weight is 268 g/mol. The number of rotatable bonds is 2. The molecule has 4 N–H and O–H groups in total. The fraction of sp³-hybridized carbons (Fsp3) is 0.545. The predicted octanol–water partition coefficient (Wildman–Crippen LogP) is 0.0782. The molecule has 1 aliphatic heterocycles. The van der Waals surface area contributed by atoms with Gasteiger partial charge in [-0.05, 0) is 13.8 Å². The average Bonchev–Trinajstić information content (AvgIpc) is 2.87.